The summed E-state index contributed by atoms with van der Waals surface area (Å²) >= 11 is 5.82. The average molecular weight is 325 g/mol. The topological polar surface area (TPSA) is 47.3 Å². The third-order valence-electron chi connectivity index (χ3n) is 3.53. The summed E-state index contributed by atoms with van der Waals surface area (Å²) in [5, 5.41) is 1.06. The summed E-state index contributed by atoms with van der Waals surface area (Å²) in [5.41, 5.74) is 2.18. The zero-order valence-corrected chi connectivity index (χ0v) is 13.1. The molecule has 114 valence electrons. The van der Waals surface area contributed by atoms with Crippen molar-refractivity contribution >= 4 is 34.4 Å². The molecule has 4 heteroatoms. The van der Waals surface area contributed by atoms with E-state index in [0.29, 0.717) is 27.1 Å². The number of hydrogen-bond donors (Lipinski definition) is 0. The van der Waals surface area contributed by atoms with E-state index in [1.807, 2.05) is 12.1 Å². The van der Waals surface area contributed by atoms with Gasteiger partial charge in [0.15, 0.2) is 11.2 Å². The van der Waals surface area contributed by atoms with Gasteiger partial charge < -0.3 is 4.42 Å². The van der Waals surface area contributed by atoms with Gasteiger partial charge in [0.2, 0.25) is 0 Å². The maximum atomic E-state index is 12.3. The molecule has 0 bridgehead atoms. The molecular weight excluding hydrogens is 312 g/mol. The van der Waals surface area contributed by atoms with Crippen LogP contribution in [0.25, 0.3) is 17.0 Å². The highest BCUT2D eigenvalue weighted by molar-refractivity contribution is 6.30. The Bertz CT molecular complexity index is 966. The molecular formula is C19H13ClO3. The lowest BCUT2D eigenvalue weighted by atomic mass is 10.1. The first-order chi connectivity index (χ1) is 11.0. The molecule has 0 saturated heterocycles. The molecule has 3 nitrogen and oxygen atoms in total. The van der Waals surface area contributed by atoms with E-state index in [-0.39, 0.29) is 11.2 Å². The molecule has 0 amide bonds. The van der Waals surface area contributed by atoms with Crippen molar-refractivity contribution < 1.29 is 9.21 Å². The summed E-state index contributed by atoms with van der Waals surface area (Å²) in [6.07, 6.45) is 4.61. The van der Waals surface area contributed by atoms with E-state index < -0.39 is 0 Å². The van der Waals surface area contributed by atoms with Crippen molar-refractivity contribution in [3.63, 3.8) is 0 Å². The van der Waals surface area contributed by atoms with Gasteiger partial charge in [-0.1, -0.05) is 29.8 Å². The summed E-state index contributed by atoms with van der Waals surface area (Å²) in [5.74, 6) is -0.178. The Kier molecular flexibility index (Phi) is 4.13. The van der Waals surface area contributed by atoms with Crippen molar-refractivity contribution in [3.05, 3.63) is 86.7 Å². The standard InChI is InChI=1S/C19H13ClO3/c1-12-11-23-18-9-5-14(10-16(18)19(12)22)17(21)8-4-13-2-6-15(20)7-3-13/h2-11H,1H3/b8-4+. The van der Waals surface area contributed by atoms with Gasteiger partial charge in [0.1, 0.15) is 5.58 Å². The monoisotopic (exact) mass is 324 g/mol. The Balaban J connectivity index is 1.93. The van der Waals surface area contributed by atoms with E-state index in [9.17, 15) is 9.59 Å². The molecule has 0 aliphatic heterocycles. The molecule has 0 saturated carbocycles. The Labute approximate surface area is 137 Å². The Hall–Kier alpha value is -2.65. The lowest BCUT2D eigenvalue weighted by Gasteiger charge is -2.01. The molecule has 0 aliphatic carbocycles. The van der Waals surface area contributed by atoms with E-state index in [4.69, 9.17) is 16.0 Å². The number of aryl methyl sites for hydroxylation is 1. The molecule has 0 radical (unpaired) electrons. The van der Waals surface area contributed by atoms with Crippen LogP contribution in [0.4, 0.5) is 0 Å². The molecule has 0 fully saturated rings. The van der Waals surface area contributed by atoms with Crippen LogP contribution in [0.1, 0.15) is 21.5 Å². The first kappa shape index (κ1) is 15.3. The highest BCUT2D eigenvalue weighted by Gasteiger charge is 2.08. The number of rotatable bonds is 3. The average Bonchev–Trinajstić information content (AvgIpc) is 2.57. The van der Waals surface area contributed by atoms with Crippen molar-refractivity contribution in [1.29, 1.82) is 0 Å². The molecule has 2 aromatic carbocycles. The maximum absolute atomic E-state index is 12.3. The minimum Gasteiger partial charge on any atom is -0.464 e. The molecule has 0 atom stereocenters. The number of allylic oxidation sites excluding steroid dienone is 1. The van der Waals surface area contributed by atoms with Gasteiger partial charge in [-0.25, -0.2) is 0 Å². The lowest BCUT2D eigenvalue weighted by Crippen LogP contribution is -2.05. The van der Waals surface area contributed by atoms with Gasteiger partial charge in [0.05, 0.1) is 11.6 Å². The number of hydrogen-bond acceptors (Lipinski definition) is 3. The van der Waals surface area contributed by atoms with Gasteiger partial charge in [-0.05, 0) is 48.9 Å². The van der Waals surface area contributed by atoms with Crippen molar-refractivity contribution in [2.45, 2.75) is 6.92 Å². The number of benzene rings is 2. The predicted octanol–water partition coefficient (Wildman–Crippen LogP) is 4.65. The summed E-state index contributed by atoms with van der Waals surface area (Å²) in [7, 11) is 0. The third-order valence-corrected chi connectivity index (χ3v) is 3.78. The van der Waals surface area contributed by atoms with Crippen LogP contribution in [-0.4, -0.2) is 5.78 Å². The number of carbonyl (C=O) groups is 1. The van der Waals surface area contributed by atoms with Crippen LogP contribution < -0.4 is 5.43 Å². The molecule has 0 unspecified atom stereocenters. The maximum Gasteiger partial charge on any atom is 0.195 e. The first-order valence-corrected chi connectivity index (χ1v) is 7.42. The lowest BCUT2D eigenvalue weighted by molar-refractivity contribution is 0.104. The van der Waals surface area contributed by atoms with Gasteiger partial charge in [-0.15, -0.1) is 0 Å². The number of halogens is 1. The van der Waals surface area contributed by atoms with Gasteiger partial charge >= 0.3 is 0 Å². The third kappa shape index (κ3) is 3.25. The van der Waals surface area contributed by atoms with Crippen molar-refractivity contribution in [3.8, 4) is 0 Å². The van der Waals surface area contributed by atoms with E-state index >= 15 is 0 Å². The van der Waals surface area contributed by atoms with Crippen LogP contribution in [0.15, 0.2) is 64.0 Å². The molecule has 3 rings (SSSR count). The molecule has 3 aromatic rings. The second kappa shape index (κ2) is 6.23. The second-order valence-electron chi connectivity index (χ2n) is 5.21. The fraction of sp³-hybridized carbons (Fsp3) is 0.0526. The van der Waals surface area contributed by atoms with E-state index in [0.717, 1.165) is 5.56 Å². The van der Waals surface area contributed by atoms with Crippen LogP contribution in [-0.2, 0) is 0 Å². The van der Waals surface area contributed by atoms with Crippen LogP contribution in [0.3, 0.4) is 0 Å². The normalized spacial score (nSPS) is 11.2. The van der Waals surface area contributed by atoms with E-state index in [1.165, 1.54) is 12.3 Å². The fourth-order valence-electron chi connectivity index (χ4n) is 2.22. The highest BCUT2D eigenvalue weighted by atomic mass is 35.5. The smallest absolute Gasteiger partial charge is 0.195 e. The molecule has 1 heterocycles. The van der Waals surface area contributed by atoms with Gasteiger partial charge in [-0.2, -0.15) is 0 Å². The number of ketones is 1. The molecule has 0 spiro atoms. The van der Waals surface area contributed by atoms with E-state index in [2.05, 4.69) is 0 Å². The largest absolute Gasteiger partial charge is 0.464 e. The SMILES string of the molecule is Cc1coc2ccc(C(=O)/C=C/c3ccc(Cl)cc3)cc2c1=O. The second-order valence-corrected chi connectivity index (χ2v) is 5.64. The van der Waals surface area contributed by atoms with Gasteiger partial charge in [0.25, 0.3) is 0 Å². The Morgan fingerprint density at radius 3 is 2.61 bits per heavy atom. The molecule has 0 N–H and O–H groups in total. The van der Waals surface area contributed by atoms with Crippen molar-refractivity contribution in [2.24, 2.45) is 0 Å². The van der Waals surface area contributed by atoms with Crippen LogP contribution >= 0.6 is 11.6 Å². The fourth-order valence-corrected chi connectivity index (χ4v) is 2.35. The van der Waals surface area contributed by atoms with Gasteiger partial charge in [-0.3, -0.25) is 9.59 Å². The number of carbonyl (C=O) groups excluding carboxylic acids is 1. The summed E-state index contributed by atoms with van der Waals surface area (Å²) in [6, 6.07) is 12.0. The zero-order chi connectivity index (χ0) is 16.4. The zero-order valence-electron chi connectivity index (χ0n) is 12.4. The Morgan fingerprint density at radius 1 is 1.13 bits per heavy atom. The van der Waals surface area contributed by atoms with Crippen LogP contribution in [0.2, 0.25) is 5.02 Å². The minimum atomic E-state index is -0.178. The molecule has 0 aliphatic rings. The summed E-state index contributed by atoms with van der Waals surface area (Å²) in [4.78, 5) is 24.4. The predicted molar refractivity (Wildman–Crippen MR) is 92.0 cm³/mol. The molecule has 1 aromatic heterocycles. The van der Waals surface area contributed by atoms with Crippen LogP contribution in [0, 0.1) is 6.92 Å². The van der Waals surface area contributed by atoms with Crippen LogP contribution in [0.5, 0.6) is 0 Å². The van der Waals surface area contributed by atoms with Crippen molar-refractivity contribution in [2.75, 3.05) is 0 Å². The highest BCUT2D eigenvalue weighted by Crippen LogP contribution is 2.15. The van der Waals surface area contributed by atoms with Crippen molar-refractivity contribution in [1.82, 2.24) is 0 Å². The Morgan fingerprint density at radius 2 is 1.87 bits per heavy atom. The first-order valence-electron chi connectivity index (χ1n) is 7.05. The van der Waals surface area contributed by atoms with Gasteiger partial charge in [0, 0.05) is 16.1 Å². The molecule has 23 heavy (non-hydrogen) atoms. The summed E-state index contributed by atoms with van der Waals surface area (Å²) in [6.45, 7) is 1.68. The quantitative estimate of drug-likeness (QED) is 0.520. The minimum absolute atomic E-state index is 0.123. The van der Waals surface area contributed by atoms with E-state index in [1.54, 1.807) is 43.3 Å². The summed E-state index contributed by atoms with van der Waals surface area (Å²) < 4.78 is 5.36. The number of fused-ring (bicyclic) bond motifs is 1.